The van der Waals surface area contributed by atoms with Crippen molar-refractivity contribution < 1.29 is 23.1 Å². The molecule has 1 aliphatic carbocycles. The Morgan fingerprint density at radius 1 is 1.03 bits per heavy atom. The smallest absolute Gasteiger partial charge is 0.322 e. The van der Waals surface area contributed by atoms with E-state index in [9.17, 15) is 18.4 Å². The minimum Gasteiger partial charge on any atom is -0.424 e. The number of hydrogen-bond acceptors (Lipinski definition) is 6. The highest BCUT2D eigenvalue weighted by atomic mass is 19.1. The van der Waals surface area contributed by atoms with Crippen LogP contribution in [0.5, 0.6) is 11.8 Å². The Bertz CT molecular complexity index is 1450. The lowest BCUT2D eigenvalue weighted by Crippen LogP contribution is -2.35. The lowest BCUT2D eigenvalue weighted by Gasteiger charge is -2.16. The maximum Gasteiger partial charge on any atom is 0.322 e. The van der Waals surface area contributed by atoms with Gasteiger partial charge < -0.3 is 15.4 Å². The predicted octanol–water partition coefficient (Wildman–Crippen LogP) is 4.31. The summed E-state index contributed by atoms with van der Waals surface area (Å²) in [6, 6.07) is 10.7. The van der Waals surface area contributed by atoms with Gasteiger partial charge in [-0.2, -0.15) is 10.1 Å². The Morgan fingerprint density at radius 2 is 1.78 bits per heavy atom. The van der Waals surface area contributed by atoms with E-state index in [1.165, 1.54) is 42.6 Å². The molecule has 0 atom stereocenters. The van der Waals surface area contributed by atoms with Gasteiger partial charge in [0, 0.05) is 36.8 Å². The highest BCUT2D eigenvalue weighted by Crippen LogP contribution is 2.47. The molecule has 0 radical (unpaired) electrons. The summed E-state index contributed by atoms with van der Waals surface area (Å²) in [7, 11) is 1.79. The van der Waals surface area contributed by atoms with Gasteiger partial charge in [-0.25, -0.2) is 13.8 Å². The van der Waals surface area contributed by atoms with Crippen molar-refractivity contribution in [3.05, 3.63) is 78.8 Å². The van der Waals surface area contributed by atoms with Gasteiger partial charge >= 0.3 is 6.01 Å². The van der Waals surface area contributed by atoms with Gasteiger partial charge in [0.1, 0.15) is 22.8 Å². The Kier molecular flexibility index (Phi) is 5.88. The molecular weight excluding hydrogens is 470 g/mol. The summed E-state index contributed by atoms with van der Waals surface area (Å²) < 4.78 is 34.9. The van der Waals surface area contributed by atoms with Crippen molar-refractivity contribution in [1.82, 2.24) is 19.7 Å². The van der Waals surface area contributed by atoms with Gasteiger partial charge in [-0.3, -0.25) is 14.3 Å². The molecule has 0 bridgehead atoms. The van der Waals surface area contributed by atoms with E-state index in [1.54, 1.807) is 30.2 Å². The minimum atomic E-state index is -1.33. The number of amides is 2. The average molecular weight is 490 g/mol. The number of carbonyl (C=O) groups is 2. The zero-order valence-corrected chi connectivity index (χ0v) is 19.0. The van der Waals surface area contributed by atoms with Crippen molar-refractivity contribution in [1.29, 1.82) is 0 Å². The molecule has 2 heterocycles. The molecule has 11 heteroatoms. The van der Waals surface area contributed by atoms with Crippen molar-refractivity contribution >= 4 is 23.2 Å². The van der Waals surface area contributed by atoms with Crippen LogP contribution >= 0.6 is 0 Å². The third-order valence-electron chi connectivity index (χ3n) is 5.75. The second kappa shape index (κ2) is 9.17. The number of halogens is 2. The van der Waals surface area contributed by atoms with Crippen LogP contribution in [0.4, 0.5) is 20.2 Å². The first-order chi connectivity index (χ1) is 17.3. The number of aromatic nitrogens is 4. The standard InChI is InChI=1S/C25H20F2N6O3/c1-33-14-15(13-29-33)20-8-11-28-24(32-20)36-18-6-7-19(27)21(12-18)31-23(35)25(9-10-25)22(34)30-17-4-2-16(26)3-5-17/h2-8,11-14H,9-10H2,1H3,(H,30,34)(H,31,35). The maximum atomic E-state index is 14.5. The molecule has 9 nitrogen and oxygen atoms in total. The van der Waals surface area contributed by atoms with Crippen molar-refractivity contribution in [2.45, 2.75) is 12.8 Å². The number of anilines is 2. The molecule has 5 rings (SSSR count). The van der Waals surface area contributed by atoms with Gasteiger partial charge in [-0.15, -0.1) is 0 Å². The number of nitrogens with zero attached hydrogens (tertiary/aromatic N) is 4. The fourth-order valence-corrected chi connectivity index (χ4v) is 3.58. The Balaban J connectivity index is 1.29. The molecule has 4 aromatic rings. The summed E-state index contributed by atoms with van der Waals surface area (Å²) in [6.45, 7) is 0. The first kappa shape index (κ1) is 23.1. The summed E-state index contributed by atoms with van der Waals surface area (Å²) in [4.78, 5) is 34.1. The third kappa shape index (κ3) is 4.76. The van der Waals surface area contributed by atoms with Crippen molar-refractivity contribution in [3.8, 4) is 23.0 Å². The summed E-state index contributed by atoms with van der Waals surface area (Å²) in [5.74, 6) is -2.14. The number of benzene rings is 2. The third-order valence-corrected chi connectivity index (χ3v) is 5.75. The molecular formula is C25H20F2N6O3. The van der Waals surface area contributed by atoms with E-state index >= 15 is 0 Å². The van der Waals surface area contributed by atoms with E-state index in [0.29, 0.717) is 24.2 Å². The first-order valence-electron chi connectivity index (χ1n) is 11.0. The normalized spacial score (nSPS) is 13.6. The topological polar surface area (TPSA) is 111 Å². The summed E-state index contributed by atoms with van der Waals surface area (Å²) in [6.07, 6.45) is 5.57. The second-order valence-corrected chi connectivity index (χ2v) is 8.37. The number of ether oxygens (including phenoxy) is 1. The molecule has 1 fully saturated rings. The maximum absolute atomic E-state index is 14.5. The van der Waals surface area contributed by atoms with Gasteiger partial charge in [0.2, 0.25) is 11.8 Å². The lowest BCUT2D eigenvalue weighted by molar-refractivity contribution is -0.131. The molecule has 0 aliphatic heterocycles. The quantitative estimate of drug-likeness (QED) is 0.374. The fourth-order valence-electron chi connectivity index (χ4n) is 3.58. The minimum absolute atomic E-state index is 0.0255. The summed E-state index contributed by atoms with van der Waals surface area (Å²) >= 11 is 0. The van der Waals surface area contributed by atoms with Crippen LogP contribution in [0.2, 0.25) is 0 Å². The predicted molar refractivity (Wildman–Crippen MR) is 126 cm³/mol. The Labute approximate surface area is 204 Å². The first-order valence-corrected chi connectivity index (χ1v) is 11.0. The number of hydrogen-bond donors (Lipinski definition) is 2. The van der Waals surface area contributed by atoms with Gasteiger partial charge in [-0.05, 0) is 55.3 Å². The number of rotatable bonds is 7. The molecule has 36 heavy (non-hydrogen) atoms. The number of nitrogens with one attached hydrogen (secondary N) is 2. The molecule has 0 unspecified atom stereocenters. The lowest BCUT2D eigenvalue weighted by atomic mass is 10.0. The van der Waals surface area contributed by atoms with Crippen LogP contribution in [0.1, 0.15) is 12.8 Å². The molecule has 0 spiro atoms. The zero-order chi connectivity index (χ0) is 25.3. The molecule has 2 amide bonds. The van der Waals surface area contributed by atoms with E-state index in [0.717, 1.165) is 11.6 Å². The number of carbonyl (C=O) groups excluding carboxylic acids is 2. The van der Waals surface area contributed by atoms with E-state index in [1.807, 2.05) is 0 Å². The van der Waals surface area contributed by atoms with Crippen molar-refractivity contribution in [3.63, 3.8) is 0 Å². The van der Waals surface area contributed by atoms with Crippen molar-refractivity contribution in [2.75, 3.05) is 10.6 Å². The molecule has 182 valence electrons. The SMILES string of the molecule is Cn1cc(-c2ccnc(Oc3ccc(F)c(NC(=O)C4(C(=O)Nc5ccc(F)cc5)CC4)c3)n2)cn1. The van der Waals surface area contributed by atoms with Crippen LogP contribution in [0.15, 0.2) is 67.1 Å². The molecule has 0 saturated heterocycles. The highest BCUT2D eigenvalue weighted by Gasteiger charge is 2.56. The van der Waals surface area contributed by atoms with E-state index in [4.69, 9.17) is 4.74 Å². The molecule has 1 aliphatic rings. The molecule has 1 saturated carbocycles. The zero-order valence-electron chi connectivity index (χ0n) is 19.0. The summed E-state index contributed by atoms with van der Waals surface area (Å²) in [5.41, 5.74) is 0.230. The highest BCUT2D eigenvalue weighted by molar-refractivity contribution is 6.17. The van der Waals surface area contributed by atoms with Crippen molar-refractivity contribution in [2.24, 2.45) is 12.5 Å². The summed E-state index contributed by atoms with van der Waals surface area (Å²) in [5, 5.41) is 9.21. The molecule has 2 N–H and O–H groups in total. The number of aryl methyl sites for hydroxylation is 1. The second-order valence-electron chi connectivity index (χ2n) is 8.37. The molecule has 2 aromatic heterocycles. The van der Waals surface area contributed by atoms with Crippen LogP contribution in [0, 0.1) is 17.0 Å². The van der Waals surface area contributed by atoms with E-state index in [2.05, 4.69) is 25.7 Å². The van der Waals surface area contributed by atoms with Gasteiger partial charge in [-0.1, -0.05) is 0 Å². The van der Waals surface area contributed by atoms with Crippen LogP contribution in [0.25, 0.3) is 11.3 Å². The Hall–Kier alpha value is -4.67. The largest absolute Gasteiger partial charge is 0.424 e. The van der Waals surface area contributed by atoms with Gasteiger partial charge in [0.25, 0.3) is 0 Å². The van der Waals surface area contributed by atoms with Gasteiger partial charge in [0.05, 0.1) is 17.6 Å². The van der Waals surface area contributed by atoms with Crippen LogP contribution in [-0.4, -0.2) is 31.6 Å². The molecule has 2 aromatic carbocycles. The van der Waals surface area contributed by atoms with Crippen LogP contribution < -0.4 is 15.4 Å². The van der Waals surface area contributed by atoms with E-state index in [-0.39, 0.29) is 17.4 Å². The fraction of sp³-hybridized carbons (Fsp3) is 0.160. The van der Waals surface area contributed by atoms with Crippen LogP contribution in [-0.2, 0) is 16.6 Å². The van der Waals surface area contributed by atoms with Crippen LogP contribution in [0.3, 0.4) is 0 Å². The average Bonchev–Trinajstić information content (AvgIpc) is 3.57. The Morgan fingerprint density at radius 3 is 2.47 bits per heavy atom. The monoisotopic (exact) mass is 490 g/mol. The van der Waals surface area contributed by atoms with E-state index < -0.39 is 28.9 Å². The van der Waals surface area contributed by atoms with Gasteiger partial charge in [0.15, 0.2) is 0 Å².